The number of fused-ring (bicyclic) bond motifs is 1. The molecule has 66 heavy (non-hydrogen) atoms. The summed E-state index contributed by atoms with van der Waals surface area (Å²) in [5.74, 6) is -71.4. The molecule has 0 N–H and O–H groups in total. The first-order valence-electron chi connectivity index (χ1n) is 17.8. The number of benzene rings is 6. The molecule has 0 aliphatic rings. The Bertz CT molecular complexity index is 2780. The summed E-state index contributed by atoms with van der Waals surface area (Å²) in [5.41, 5.74) is -2.38. The maximum absolute atomic E-state index is 15.4. The molecule has 25 heteroatoms. The van der Waals surface area contributed by atoms with Crippen molar-refractivity contribution in [2.75, 3.05) is 0 Å². The lowest BCUT2D eigenvalue weighted by molar-refractivity contribution is -0.670. The van der Waals surface area contributed by atoms with Crippen LogP contribution < -0.4 is 26.4 Å². The second-order valence-corrected chi connectivity index (χ2v) is 13.6. The van der Waals surface area contributed by atoms with Gasteiger partial charge in [-0.1, -0.05) is 47.6 Å². The minimum atomic E-state index is -7.22. The van der Waals surface area contributed by atoms with Crippen molar-refractivity contribution in [3.05, 3.63) is 205 Å². The number of halogens is 20. The van der Waals surface area contributed by atoms with E-state index in [4.69, 9.17) is 5.53 Å². The molecule has 1 aromatic heterocycles. The lowest BCUT2D eigenvalue weighted by Crippen LogP contribution is -2.81. The summed E-state index contributed by atoms with van der Waals surface area (Å²) in [6.07, 6.45) is -7.22. The Morgan fingerprint density at radius 1 is 0.379 bits per heavy atom. The van der Waals surface area contributed by atoms with Gasteiger partial charge in [-0.15, -0.1) is 21.9 Å². The number of azide groups is 1. The number of hydrogen-bond donors (Lipinski definition) is 0. The third-order valence-electron chi connectivity index (χ3n) is 10.2. The van der Waals surface area contributed by atoms with Crippen molar-refractivity contribution in [2.45, 2.75) is 13.1 Å². The quantitative estimate of drug-likeness (QED) is 0.0213. The van der Waals surface area contributed by atoms with Gasteiger partial charge in [0.05, 0.1) is 0 Å². The monoisotopic (exact) mass is 954 g/mol. The molecule has 4 nitrogen and oxygen atoms in total. The fraction of sp³-hybridized carbons (Fsp3) is 0.0488. The molecule has 0 spiro atoms. The maximum atomic E-state index is 15.4. The molecular formula is C41H15BF20N4. The molecule has 0 fully saturated rings. The summed E-state index contributed by atoms with van der Waals surface area (Å²) in [5, 5.41) is 4.89. The van der Waals surface area contributed by atoms with Crippen molar-refractivity contribution in [2.24, 2.45) is 5.11 Å². The number of hydrogen-bond acceptors (Lipinski definition) is 1. The Balaban J connectivity index is 0.000000284. The first-order valence-corrected chi connectivity index (χ1v) is 17.8. The van der Waals surface area contributed by atoms with Gasteiger partial charge in [-0.25, -0.2) is 87.8 Å². The highest BCUT2D eigenvalue weighted by Gasteiger charge is 2.52. The van der Waals surface area contributed by atoms with Crippen LogP contribution in [0.1, 0.15) is 11.3 Å². The summed E-state index contributed by atoms with van der Waals surface area (Å²) in [7, 11) is 0. The lowest BCUT2D eigenvalue weighted by Gasteiger charge is -2.44. The average Bonchev–Trinajstić information content (AvgIpc) is 3.31. The van der Waals surface area contributed by atoms with Crippen LogP contribution in [0.25, 0.3) is 21.3 Å². The number of aromatic nitrogens is 1. The molecule has 0 unspecified atom stereocenters. The molecule has 7 aromatic rings. The van der Waals surface area contributed by atoms with E-state index in [-0.39, 0.29) is 0 Å². The van der Waals surface area contributed by atoms with E-state index in [0.29, 0.717) is 6.54 Å². The zero-order valence-electron chi connectivity index (χ0n) is 31.7. The fourth-order valence-corrected chi connectivity index (χ4v) is 7.37. The lowest BCUT2D eigenvalue weighted by atomic mass is 9.12. The first kappa shape index (κ1) is 48.2. The molecule has 0 atom stereocenters. The summed E-state index contributed by atoms with van der Waals surface area (Å²) >= 11 is 0. The van der Waals surface area contributed by atoms with Crippen molar-refractivity contribution in [3.8, 4) is 0 Å². The Hall–Kier alpha value is -7.30. The van der Waals surface area contributed by atoms with E-state index in [1.165, 1.54) is 10.9 Å². The molecule has 0 saturated heterocycles. The van der Waals surface area contributed by atoms with Gasteiger partial charge in [0.2, 0.25) is 5.52 Å². The third-order valence-corrected chi connectivity index (χ3v) is 10.2. The van der Waals surface area contributed by atoms with Crippen LogP contribution in [0.2, 0.25) is 0 Å². The molecule has 0 bridgehead atoms. The van der Waals surface area contributed by atoms with Gasteiger partial charge in [-0.2, -0.15) is 4.57 Å². The number of pyridine rings is 1. The molecule has 0 radical (unpaired) electrons. The number of nitrogens with zero attached hydrogens (tertiary/aromatic N) is 4. The van der Waals surface area contributed by atoms with Crippen LogP contribution in [0.3, 0.4) is 0 Å². The van der Waals surface area contributed by atoms with Crippen molar-refractivity contribution in [1.82, 2.24) is 0 Å². The smallest absolute Gasteiger partial charge is 0.207 e. The molecule has 0 saturated carbocycles. The average molecular weight is 954 g/mol. The Kier molecular flexibility index (Phi) is 13.4. The zero-order chi connectivity index (χ0) is 48.8. The highest BCUT2D eigenvalue weighted by atomic mass is 19.2. The van der Waals surface area contributed by atoms with Gasteiger partial charge >= 0.3 is 0 Å². The van der Waals surface area contributed by atoms with Gasteiger partial charge in [0, 0.05) is 28.0 Å². The van der Waals surface area contributed by atoms with E-state index in [1.54, 1.807) is 0 Å². The van der Waals surface area contributed by atoms with Crippen molar-refractivity contribution in [3.63, 3.8) is 0 Å². The maximum Gasteiger partial charge on any atom is 0.212 e. The largest absolute Gasteiger partial charge is 0.212 e. The third kappa shape index (κ3) is 7.55. The van der Waals surface area contributed by atoms with Gasteiger partial charge in [0.15, 0.2) is 82.0 Å². The number of rotatable bonds is 8. The van der Waals surface area contributed by atoms with Crippen LogP contribution in [0, 0.1) is 116 Å². The first-order chi connectivity index (χ1) is 31.1. The Labute approximate surface area is 354 Å². The van der Waals surface area contributed by atoms with Crippen LogP contribution in [0.5, 0.6) is 0 Å². The van der Waals surface area contributed by atoms with E-state index in [2.05, 4.69) is 44.9 Å². The van der Waals surface area contributed by atoms with E-state index < -0.39 is 144 Å². The second kappa shape index (κ2) is 18.3. The standard InChI is InChI=1S/C24BF20.C17H15N4/c26-5-1(6(27)14(35)21(42)13(5)34)25(2-7(28)15(36)22(43)16(37)8(2)29,3-9(30)17(38)23(44)18(39)10(3)31)4-11(32)19(40)24(45)20(41)12(4)33;18-20-19-12-16-11-10-15-8-4-5-9-17(15)21(16)13-14-6-2-1-3-7-14/h;1-11H,12-13H2/q-1;+1. The van der Waals surface area contributed by atoms with Crippen LogP contribution in [-0.2, 0) is 13.1 Å². The van der Waals surface area contributed by atoms with E-state index in [1.807, 2.05) is 36.4 Å². The normalized spacial score (nSPS) is 11.5. The minimum absolute atomic E-state index is 0.355. The molecule has 0 amide bonds. The van der Waals surface area contributed by atoms with E-state index >= 15 is 35.1 Å². The topological polar surface area (TPSA) is 52.6 Å². The Morgan fingerprint density at radius 2 is 0.682 bits per heavy atom. The SMILES string of the molecule is Fc1c(F)c(F)c([B-](c2c(F)c(F)c(F)c(F)c2F)(c2c(F)c(F)c(F)c(F)c2F)c2c(F)c(F)c(F)c(F)c2F)c(F)c1F.[N-]=[N+]=NCc1ccc2ccccc2[n+]1Cc1ccccc1. The van der Waals surface area contributed by atoms with Gasteiger partial charge in [-0.05, 0) is 17.7 Å². The Morgan fingerprint density at radius 3 is 1.02 bits per heavy atom. The summed E-state index contributed by atoms with van der Waals surface area (Å²) in [6, 6.07) is 22.6. The molecule has 0 aliphatic heterocycles. The molecule has 0 aliphatic carbocycles. The van der Waals surface area contributed by atoms with Crippen molar-refractivity contribution < 1.29 is 92.4 Å². The summed E-state index contributed by atoms with van der Waals surface area (Å²) in [6.45, 7) is 1.12. The van der Waals surface area contributed by atoms with Crippen LogP contribution in [-0.4, -0.2) is 6.15 Å². The van der Waals surface area contributed by atoms with Crippen LogP contribution in [0.15, 0.2) is 71.8 Å². The highest BCUT2D eigenvalue weighted by molar-refractivity contribution is 7.20. The van der Waals surface area contributed by atoms with Crippen molar-refractivity contribution in [1.29, 1.82) is 0 Å². The van der Waals surface area contributed by atoms with Gasteiger partial charge in [-0.3, -0.25) is 0 Å². The highest BCUT2D eigenvalue weighted by Crippen LogP contribution is 2.31. The zero-order valence-corrected chi connectivity index (χ0v) is 31.7. The summed E-state index contributed by atoms with van der Waals surface area (Å²) in [4.78, 5) is 2.87. The van der Waals surface area contributed by atoms with E-state index in [9.17, 15) is 52.7 Å². The van der Waals surface area contributed by atoms with Crippen LogP contribution in [0.4, 0.5) is 87.8 Å². The molecule has 7 rings (SSSR count). The number of para-hydroxylation sites is 1. The molecule has 6 aromatic carbocycles. The van der Waals surface area contributed by atoms with Gasteiger partial charge in [0.1, 0.15) is 59.2 Å². The van der Waals surface area contributed by atoms with E-state index in [0.717, 1.165) is 17.8 Å². The minimum Gasteiger partial charge on any atom is -0.207 e. The predicted octanol–water partition coefficient (Wildman–Crippen LogP) is 9.83. The molecule has 1 heterocycles. The predicted molar refractivity (Wildman–Crippen MR) is 192 cm³/mol. The summed E-state index contributed by atoms with van der Waals surface area (Å²) < 4.78 is 296. The molecule has 342 valence electrons. The van der Waals surface area contributed by atoms with Gasteiger partial charge in [0.25, 0.3) is 0 Å². The molecular weight excluding hydrogens is 939 g/mol. The fourth-order valence-electron chi connectivity index (χ4n) is 7.37. The van der Waals surface area contributed by atoms with Crippen LogP contribution >= 0.6 is 0 Å². The van der Waals surface area contributed by atoms with Gasteiger partial charge < -0.3 is 0 Å². The second-order valence-electron chi connectivity index (χ2n) is 13.6. The van der Waals surface area contributed by atoms with Crippen molar-refractivity contribution >= 4 is 38.9 Å².